The Balaban J connectivity index is 3.01. The molecule has 1 aromatic rings. The predicted octanol–water partition coefficient (Wildman–Crippen LogP) is 4.06. The molecule has 4 heteroatoms. The molecular weight excluding hydrogens is 292 g/mol. The largest absolute Gasteiger partial charge is 0.493 e. The molecule has 0 radical (unpaired) electrons. The zero-order valence-electron chi connectivity index (χ0n) is 10.1. The molecule has 18 heavy (non-hydrogen) atoms. The lowest BCUT2D eigenvalue weighted by atomic mass is 10.1. The molecule has 0 saturated heterocycles. The normalized spacial score (nSPS) is 9.11. The molecule has 3 nitrogen and oxygen atoms in total. The molecule has 0 fully saturated rings. The van der Waals surface area contributed by atoms with Crippen molar-refractivity contribution in [2.75, 3.05) is 6.61 Å². The molecule has 1 aromatic carbocycles. The molecule has 0 spiro atoms. The molecule has 0 aromatic heterocycles. The van der Waals surface area contributed by atoms with Crippen molar-refractivity contribution in [2.45, 2.75) is 19.8 Å². The summed E-state index contributed by atoms with van der Waals surface area (Å²) < 4.78 is 6.52. The van der Waals surface area contributed by atoms with E-state index in [1.807, 2.05) is 30.3 Å². The molecule has 0 unspecified atom stereocenters. The summed E-state index contributed by atoms with van der Waals surface area (Å²) in [7, 11) is 0. The van der Waals surface area contributed by atoms with Gasteiger partial charge in [-0.25, -0.2) is 0 Å². The first-order valence-electron chi connectivity index (χ1n) is 5.65. The molecule has 0 N–H and O–H groups in total. The monoisotopic (exact) mass is 304 g/mol. The number of unbranched alkanes of at least 4 members (excludes halogenated alkanes) is 1. The fraction of sp³-hybridized carbons (Fsp3) is 0.286. The highest BCUT2D eigenvalue weighted by Gasteiger charge is 2.04. The number of allylic oxidation sites excluding steroid dienone is 1. The standard InChI is InChI=1S/C14H13BrN2O/c1-2-3-6-18-14-5-4-13(15)8-12(14)7-11(9-16)10-17/h4-5,7-8H,2-3,6H2,1H3. The zero-order chi connectivity index (χ0) is 13.4. The van der Waals surface area contributed by atoms with Crippen molar-refractivity contribution in [1.29, 1.82) is 10.5 Å². The van der Waals surface area contributed by atoms with Gasteiger partial charge in [0, 0.05) is 10.0 Å². The highest BCUT2D eigenvalue weighted by atomic mass is 79.9. The third-order valence-electron chi connectivity index (χ3n) is 2.27. The Morgan fingerprint density at radius 2 is 2.11 bits per heavy atom. The highest BCUT2D eigenvalue weighted by molar-refractivity contribution is 9.10. The summed E-state index contributed by atoms with van der Waals surface area (Å²) in [5, 5.41) is 17.5. The van der Waals surface area contributed by atoms with Gasteiger partial charge in [-0.1, -0.05) is 29.3 Å². The fourth-order valence-electron chi connectivity index (χ4n) is 1.34. The van der Waals surface area contributed by atoms with Gasteiger partial charge < -0.3 is 4.74 Å². The summed E-state index contributed by atoms with van der Waals surface area (Å²) in [4.78, 5) is 0. The average Bonchev–Trinajstić information content (AvgIpc) is 2.38. The molecule has 0 aliphatic heterocycles. The highest BCUT2D eigenvalue weighted by Crippen LogP contribution is 2.25. The van der Waals surface area contributed by atoms with Crippen LogP contribution in [0.2, 0.25) is 0 Å². The fourth-order valence-corrected chi connectivity index (χ4v) is 1.71. The van der Waals surface area contributed by atoms with E-state index in [4.69, 9.17) is 15.3 Å². The van der Waals surface area contributed by atoms with Crippen LogP contribution in [0.4, 0.5) is 0 Å². The number of halogens is 1. The molecular formula is C14H13BrN2O. The van der Waals surface area contributed by atoms with Gasteiger partial charge in [-0.3, -0.25) is 0 Å². The van der Waals surface area contributed by atoms with Gasteiger partial charge >= 0.3 is 0 Å². The molecule has 0 bridgehead atoms. The Morgan fingerprint density at radius 3 is 2.72 bits per heavy atom. The average molecular weight is 305 g/mol. The van der Waals surface area contributed by atoms with Crippen molar-refractivity contribution < 1.29 is 4.74 Å². The smallest absolute Gasteiger partial charge is 0.130 e. The van der Waals surface area contributed by atoms with E-state index in [0.717, 1.165) is 22.9 Å². The maximum absolute atomic E-state index is 8.77. The molecule has 0 aliphatic rings. The number of nitrogens with zero attached hydrogens (tertiary/aromatic N) is 2. The van der Waals surface area contributed by atoms with Crippen LogP contribution in [0.3, 0.4) is 0 Å². The van der Waals surface area contributed by atoms with Crippen LogP contribution in [-0.2, 0) is 0 Å². The third kappa shape index (κ3) is 4.24. The van der Waals surface area contributed by atoms with Crippen molar-refractivity contribution in [3.63, 3.8) is 0 Å². The molecule has 0 saturated carbocycles. The van der Waals surface area contributed by atoms with E-state index in [-0.39, 0.29) is 5.57 Å². The second kappa shape index (κ2) is 7.53. The summed E-state index contributed by atoms with van der Waals surface area (Å²) in [6.07, 6.45) is 3.57. The van der Waals surface area contributed by atoms with E-state index < -0.39 is 0 Å². The maximum atomic E-state index is 8.77. The number of hydrogen-bond acceptors (Lipinski definition) is 3. The van der Waals surface area contributed by atoms with E-state index in [9.17, 15) is 0 Å². The number of hydrogen-bond donors (Lipinski definition) is 0. The topological polar surface area (TPSA) is 56.8 Å². The quantitative estimate of drug-likeness (QED) is 0.609. The maximum Gasteiger partial charge on any atom is 0.130 e. The Kier molecular flexibility index (Phi) is 5.97. The first-order valence-corrected chi connectivity index (χ1v) is 6.44. The van der Waals surface area contributed by atoms with Gasteiger partial charge in [-0.2, -0.15) is 10.5 Å². The van der Waals surface area contributed by atoms with E-state index in [1.54, 1.807) is 0 Å². The van der Waals surface area contributed by atoms with E-state index in [2.05, 4.69) is 22.9 Å². The summed E-state index contributed by atoms with van der Waals surface area (Å²) in [6.45, 7) is 2.72. The van der Waals surface area contributed by atoms with Gasteiger partial charge in [-0.05, 0) is 30.7 Å². The van der Waals surface area contributed by atoms with Crippen molar-refractivity contribution in [1.82, 2.24) is 0 Å². The van der Waals surface area contributed by atoms with E-state index in [0.29, 0.717) is 12.4 Å². The van der Waals surface area contributed by atoms with Crippen LogP contribution in [0.5, 0.6) is 5.75 Å². The second-order valence-corrected chi connectivity index (χ2v) is 4.58. The number of nitriles is 2. The number of benzene rings is 1. The second-order valence-electron chi connectivity index (χ2n) is 3.67. The van der Waals surface area contributed by atoms with E-state index >= 15 is 0 Å². The molecule has 92 valence electrons. The van der Waals surface area contributed by atoms with Crippen LogP contribution in [-0.4, -0.2) is 6.61 Å². The van der Waals surface area contributed by atoms with Crippen LogP contribution < -0.4 is 4.74 Å². The van der Waals surface area contributed by atoms with Crippen LogP contribution in [0.15, 0.2) is 28.2 Å². The van der Waals surface area contributed by atoms with Crippen LogP contribution in [0.25, 0.3) is 6.08 Å². The lowest BCUT2D eigenvalue weighted by molar-refractivity contribution is 0.308. The molecule has 0 aliphatic carbocycles. The molecule has 0 heterocycles. The van der Waals surface area contributed by atoms with Crippen molar-refractivity contribution >= 4 is 22.0 Å². The van der Waals surface area contributed by atoms with Crippen molar-refractivity contribution in [2.24, 2.45) is 0 Å². The summed E-state index contributed by atoms with van der Waals surface area (Å²) in [5.74, 6) is 0.689. The minimum Gasteiger partial charge on any atom is -0.493 e. The van der Waals surface area contributed by atoms with Gasteiger partial charge in [0.05, 0.1) is 6.61 Å². The minimum absolute atomic E-state index is 0.0634. The Hall–Kier alpha value is -1.78. The number of ether oxygens (including phenoxy) is 1. The van der Waals surface area contributed by atoms with Crippen molar-refractivity contribution in [3.8, 4) is 17.9 Å². The lowest BCUT2D eigenvalue weighted by Gasteiger charge is -2.09. The Bertz CT molecular complexity index is 508. The molecule has 0 amide bonds. The Morgan fingerprint density at radius 1 is 1.39 bits per heavy atom. The van der Waals surface area contributed by atoms with Gasteiger partial charge in [0.2, 0.25) is 0 Å². The first-order chi connectivity index (χ1) is 8.71. The minimum atomic E-state index is 0.0634. The third-order valence-corrected chi connectivity index (χ3v) is 2.76. The van der Waals surface area contributed by atoms with Gasteiger partial charge in [0.25, 0.3) is 0 Å². The van der Waals surface area contributed by atoms with Crippen molar-refractivity contribution in [3.05, 3.63) is 33.8 Å². The zero-order valence-corrected chi connectivity index (χ0v) is 11.7. The molecule has 0 atom stereocenters. The van der Waals surface area contributed by atoms with Gasteiger partial charge in [-0.15, -0.1) is 0 Å². The van der Waals surface area contributed by atoms with Crippen LogP contribution >= 0.6 is 15.9 Å². The van der Waals surface area contributed by atoms with Crippen LogP contribution in [0.1, 0.15) is 25.3 Å². The molecule has 1 rings (SSSR count). The summed E-state index contributed by atoms with van der Waals surface area (Å²) in [5.41, 5.74) is 0.798. The van der Waals surface area contributed by atoms with Crippen LogP contribution in [0, 0.1) is 22.7 Å². The van der Waals surface area contributed by atoms with Gasteiger partial charge in [0.1, 0.15) is 23.5 Å². The van der Waals surface area contributed by atoms with Gasteiger partial charge in [0.15, 0.2) is 0 Å². The Labute approximate surface area is 115 Å². The van der Waals surface area contributed by atoms with E-state index in [1.165, 1.54) is 6.08 Å². The first kappa shape index (κ1) is 14.3. The number of rotatable bonds is 5. The summed E-state index contributed by atoms with van der Waals surface area (Å²) in [6, 6.07) is 9.22. The predicted molar refractivity (Wildman–Crippen MR) is 73.7 cm³/mol. The SMILES string of the molecule is CCCCOc1ccc(Br)cc1C=C(C#N)C#N. The summed E-state index contributed by atoms with van der Waals surface area (Å²) >= 11 is 3.36. The lowest BCUT2D eigenvalue weighted by Crippen LogP contribution is -1.98.